The maximum atomic E-state index is 12.2. The van der Waals surface area contributed by atoms with Gasteiger partial charge in [0.05, 0.1) is 36.8 Å². The van der Waals surface area contributed by atoms with Crippen molar-refractivity contribution in [2.45, 2.75) is 26.2 Å². The highest BCUT2D eigenvalue weighted by Gasteiger charge is 2.18. The Kier molecular flexibility index (Phi) is 7.40. The van der Waals surface area contributed by atoms with E-state index < -0.39 is 11.9 Å². The fourth-order valence-electron chi connectivity index (χ4n) is 2.66. The second kappa shape index (κ2) is 9.76. The molecule has 1 aromatic rings. The van der Waals surface area contributed by atoms with Crippen LogP contribution in [0, 0.1) is 0 Å². The Labute approximate surface area is 152 Å². The van der Waals surface area contributed by atoms with Gasteiger partial charge in [0.25, 0.3) is 0 Å². The van der Waals surface area contributed by atoms with E-state index in [4.69, 9.17) is 9.47 Å². The topological polar surface area (TPSA) is 108 Å². The number of benzene rings is 1. The molecule has 0 bridgehead atoms. The normalized spacial score (nSPS) is 14.0. The summed E-state index contributed by atoms with van der Waals surface area (Å²) in [4.78, 5) is 36.7. The molecule has 0 atom stereocenters. The lowest BCUT2D eigenvalue weighted by atomic mass is 10.1. The van der Waals surface area contributed by atoms with Gasteiger partial charge in [-0.2, -0.15) is 0 Å². The Balaban J connectivity index is 2.17. The number of carbonyl (C=O) groups excluding carboxylic acids is 3. The number of amides is 1. The number of anilines is 2. The average molecular weight is 363 g/mol. The van der Waals surface area contributed by atoms with Crippen molar-refractivity contribution in [2.24, 2.45) is 0 Å². The summed E-state index contributed by atoms with van der Waals surface area (Å²) in [7, 11) is 0. The first kappa shape index (κ1) is 19.7. The molecule has 1 amide bonds. The first-order chi connectivity index (χ1) is 12.5. The molecule has 0 radical (unpaired) electrons. The number of carboxylic acid groups (broad SMARTS) is 1. The van der Waals surface area contributed by atoms with Gasteiger partial charge in [-0.15, -0.1) is 0 Å². The summed E-state index contributed by atoms with van der Waals surface area (Å²) in [6.45, 7) is 4.49. The second-order valence-electron chi connectivity index (χ2n) is 5.83. The van der Waals surface area contributed by atoms with Crippen molar-refractivity contribution in [1.82, 2.24) is 0 Å². The number of rotatable bonds is 8. The van der Waals surface area contributed by atoms with E-state index in [1.165, 1.54) is 0 Å². The Morgan fingerprint density at radius 3 is 2.62 bits per heavy atom. The smallest absolute Gasteiger partial charge is 0.338 e. The monoisotopic (exact) mass is 363 g/mol. The van der Waals surface area contributed by atoms with Gasteiger partial charge in [-0.1, -0.05) is 0 Å². The highest BCUT2D eigenvalue weighted by atomic mass is 16.5. The molecule has 1 aliphatic heterocycles. The summed E-state index contributed by atoms with van der Waals surface area (Å²) < 4.78 is 10.4. The molecule has 0 unspecified atom stereocenters. The number of hydrogen-bond acceptors (Lipinski definition) is 7. The quantitative estimate of drug-likeness (QED) is 0.672. The molecule has 1 aliphatic rings. The van der Waals surface area contributed by atoms with Crippen LogP contribution in [0.25, 0.3) is 0 Å². The number of nitrogens with one attached hydrogen (secondary N) is 1. The Morgan fingerprint density at radius 1 is 1.23 bits per heavy atom. The molecule has 8 heteroatoms. The van der Waals surface area contributed by atoms with E-state index in [0.29, 0.717) is 37.6 Å². The summed E-state index contributed by atoms with van der Waals surface area (Å²) in [5.41, 5.74) is 1.62. The first-order valence-corrected chi connectivity index (χ1v) is 8.64. The molecule has 1 saturated heterocycles. The minimum absolute atomic E-state index is 0.0557. The molecule has 0 aliphatic carbocycles. The Hall–Kier alpha value is -2.61. The van der Waals surface area contributed by atoms with Gasteiger partial charge >= 0.3 is 5.97 Å². The summed E-state index contributed by atoms with van der Waals surface area (Å²) in [5.74, 6) is -1.97. The van der Waals surface area contributed by atoms with Gasteiger partial charge in [0.15, 0.2) is 0 Å². The molecule has 8 nitrogen and oxygen atoms in total. The largest absolute Gasteiger partial charge is 0.550 e. The number of ether oxygens (including phenoxy) is 2. The third kappa shape index (κ3) is 5.73. The van der Waals surface area contributed by atoms with Crippen LogP contribution in [0.1, 0.15) is 36.5 Å². The number of aliphatic carboxylic acids is 1. The summed E-state index contributed by atoms with van der Waals surface area (Å²) >= 11 is 0. The molecule has 0 aromatic heterocycles. The van der Waals surface area contributed by atoms with Gasteiger partial charge in [0.1, 0.15) is 0 Å². The molecular formula is C18H23N2O6-. The maximum absolute atomic E-state index is 12.2. The van der Waals surface area contributed by atoms with Crippen molar-refractivity contribution in [3.63, 3.8) is 0 Å². The standard InChI is InChI=1S/C18H24N2O6/c1-2-26-18(24)13-6-7-15(20-8-10-25-11-9-20)14(12-13)19-16(21)4-3-5-17(22)23/h6-7,12H,2-5,8-11H2,1H3,(H,19,21)(H,22,23)/p-1. The molecule has 1 fully saturated rings. The van der Waals surface area contributed by atoms with Gasteiger partial charge < -0.3 is 29.6 Å². The Bertz CT molecular complexity index is 655. The predicted molar refractivity (Wildman–Crippen MR) is 92.9 cm³/mol. The van der Waals surface area contributed by atoms with E-state index in [-0.39, 0.29) is 31.8 Å². The van der Waals surface area contributed by atoms with Crippen LogP contribution in [0.3, 0.4) is 0 Å². The van der Waals surface area contributed by atoms with Gasteiger partial charge in [0.2, 0.25) is 5.91 Å². The lowest BCUT2D eigenvalue weighted by Crippen LogP contribution is -2.36. The minimum atomic E-state index is -1.18. The zero-order valence-electron chi connectivity index (χ0n) is 14.8. The predicted octanol–water partition coefficient (Wildman–Crippen LogP) is 0.559. The number of hydrogen-bond donors (Lipinski definition) is 1. The van der Waals surface area contributed by atoms with Gasteiger partial charge in [-0.25, -0.2) is 4.79 Å². The van der Waals surface area contributed by atoms with Gasteiger partial charge in [0, 0.05) is 25.5 Å². The van der Waals surface area contributed by atoms with Crippen LogP contribution in [0.4, 0.5) is 11.4 Å². The van der Waals surface area contributed by atoms with Crippen molar-refractivity contribution in [3.05, 3.63) is 23.8 Å². The number of morpholine rings is 1. The van der Waals surface area contributed by atoms with Crippen LogP contribution in [0.5, 0.6) is 0 Å². The molecule has 0 saturated carbocycles. The Morgan fingerprint density at radius 2 is 1.96 bits per heavy atom. The lowest BCUT2D eigenvalue weighted by Gasteiger charge is -2.30. The first-order valence-electron chi connectivity index (χ1n) is 8.64. The van der Waals surface area contributed by atoms with E-state index >= 15 is 0 Å². The summed E-state index contributed by atoms with van der Waals surface area (Å²) in [5, 5.41) is 13.2. The highest BCUT2D eigenvalue weighted by Crippen LogP contribution is 2.28. The molecule has 142 valence electrons. The second-order valence-corrected chi connectivity index (χ2v) is 5.83. The van der Waals surface area contributed by atoms with Crippen LogP contribution in [-0.4, -0.2) is 50.8 Å². The van der Waals surface area contributed by atoms with Gasteiger partial charge in [-0.3, -0.25) is 4.79 Å². The summed E-state index contributed by atoms with van der Waals surface area (Å²) in [6.07, 6.45) is 0.0748. The highest BCUT2D eigenvalue weighted by molar-refractivity contribution is 5.98. The van der Waals surface area contributed by atoms with Crippen LogP contribution in [-0.2, 0) is 19.1 Å². The fourth-order valence-corrected chi connectivity index (χ4v) is 2.66. The third-order valence-corrected chi connectivity index (χ3v) is 3.92. The molecule has 1 N–H and O–H groups in total. The molecule has 2 rings (SSSR count). The summed E-state index contributed by atoms with van der Waals surface area (Å²) in [6, 6.07) is 5.02. The third-order valence-electron chi connectivity index (χ3n) is 3.92. The van der Waals surface area contributed by atoms with Crippen molar-refractivity contribution >= 4 is 29.2 Å². The maximum Gasteiger partial charge on any atom is 0.338 e. The van der Waals surface area contributed by atoms with E-state index in [0.717, 1.165) is 5.69 Å². The minimum Gasteiger partial charge on any atom is -0.550 e. The van der Waals surface area contributed by atoms with Crippen molar-refractivity contribution in [2.75, 3.05) is 43.1 Å². The van der Waals surface area contributed by atoms with E-state index in [1.54, 1.807) is 25.1 Å². The molecule has 0 spiro atoms. The van der Waals surface area contributed by atoms with E-state index in [2.05, 4.69) is 10.2 Å². The van der Waals surface area contributed by atoms with Crippen LogP contribution >= 0.6 is 0 Å². The van der Waals surface area contributed by atoms with Crippen LogP contribution in [0.15, 0.2) is 18.2 Å². The molecule has 1 aromatic carbocycles. The van der Waals surface area contributed by atoms with Crippen molar-refractivity contribution in [3.8, 4) is 0 Å². The molecule has 1 heterocycles. The zero-order chi connectivity index (χ0) is 18.9. The number of nitrogens with zero attached hydrogens (tertiary/aromatic N) is 1. The van der Waals surface area contributed by atoms with Crippen molar-refractivity contribution < 1.29 is 29.0 Å². The number of esters is 1. The van der Waals surface area contributed by atoms with E-state index in [9.17, 15) is 19.5 Å². The van der Waals surface area contributed by atoms with Crippen molar-refractivity contribution in [1.29, 1.82) is 0 Å². The number of carbonyl (C=O) groups is 3. The van der Waals surface area contributed by atoms with Crippen LogP contribution < -0.4 is 15.3 Å². The van der Waals surface area contributed by atoms with Crippen LogP contribution in [0.2, 0.25) is 0 Å². The van der Waals surface area contributed by atoms with E-state index in [1.807, 2.05) is 0 Å². The van der Waals surface area contributed by atoms with Gasteiger partial charge in [-0.05, 0) is 38.0 Å². The molecular weight excluding hydrogens is 340 g/mol. The molecule has 26 heavy (non-hydrogen) atoms. The SMILES string of the molecule is CCOC(=O)c1ccc(N2CCOCC2)c(NC(=O)CCCC(=O)[O-])c1. The zero-order valence-corrected chi connectivity index (χ0v) is 14.8. The number of carboxylic acids is 1. The fraction of sp³-hybridized carbons (Fsp3) is 0.500. The average Bonchev–Trinajstić information content (AvgIpc) is 2.62. The lowest BCUT2D eigenvalue weighted by molar-refractivity contribution is -0.305.